The number of aryl methyl sites for hydroxylation is 1. The van der Waals surface area contributed by atoms with Crippen molar-refractivity contribution < 1.29 is 14.3 Å². The Bertz CT molecular complexity index is 731. The third-order valence-electron chi connectivity index (χ3n) is 4.24. The molecule has 1 aliphatic rings. The predicted molar refractivity (Wildman–Crippen MR) is 88.7 cm³/mol. The van der Waals surface area contributed by atoms with E-state index in [2.05, 4.69) is 10.4 Å². The highest BCUT2D eigenvalue weighted by atomic mass is 19.1. The number of nitrogens with zero attached hydrogens (tertiary/aromatic N) is 3. The van der Waals surface area contributed by atoms with Crippen LogP contribution in [0.2, 0.25) is 0 Å². The molecule has 6 nitrogen and oxygen atoms in total. The van der Waals surface area contributed by atoms with Crippen molar-refractivity contribution in [2.75, 3.05) is 25.0 Å². The van der Waals surface area contributed by atoms with Crippen LogP contribution in [-0.2, 0) is 0 Å². The molecule has 2 aromatic rings. The normalized spacial score (nSPS) is 17.8. The van der Waals surface area contributed by atoms with Crippen molar-refractivity contribution in [3.8, 4) is 5.69 Å². The Labute approximate surface area is 139 Å². The summed E-state index contributed by atoms with van der Waals surface area (Å²) in [5.41, 5.74) is 1.40. The second-order valence-corrected chi connectivity index (χ2v) is 6.13. The van der Waals surface area contributed by atoms with Gasteiger partial charge in [-0.25, -0.2) is 13.9 Å². The molecule has 1 fully saturated rings. The summed E-state index contributed by atoms with van der Waals surface area (Å²) < 4.78 is 15.0. The highest BCUT2D eigenvalue weighted by Gasteiger charge is 2.23. The van der Waals surface area contributed by atoms with Gasteiger partial charge in [-0.05, 0) is 43.9 Å². The number of halogens is 1. The molecule has 7 heteroatoms. The first kappa shape index (κ1) is 16.4. The molecule has 2 amide bonds. The molecule has 1 saturated heterocycles. The first-order chi connectivity index (χ1) is 11.6. The van der Waals surface area contributed by atoms with Gasteiger partial charge in [-0.1, -0.05) is 6.07 Å². The van der Waals surface area contributed by atoms with Gasteiger partial charge in [0.15, 0.2) is 5.82 Å². The van der Waals surface area contributed by atoms with E-state index in [9.17, 15) is 14.3 Å². The van der Waals surface area contributed by atoms with Crippen LogP contribution in [0.25, 0.3) is 5.69 Å². The number of nitrogens with one attached hydrogen (secondary N) is 1. The Morgan fingerprint density at radius 3 is 3.04 bits per heavy atom. The number of urea groups is 1. The van der Waals surface area contributed by atoms with Crippen LogP contribution in [-0.4, -0.2) is 45.5 Å². The van der Waals surface area contributed by atoms with Crippen LogP contribution in [0.4, 0.5) is 15.0 Å². The summed E-state index contributed by atoms with van der Waals surface area (Å²) in [6, 6.07) is 7.66. The number of hydrogen-bond donors (Lipinski definition) is 2. The van der Waals surface area contributed by atoms with Crippen molar-refractivity contribution in [3.05, 3.63) is 41.8 Å². The molecule has 0 saturated carbocycles. The molecule has 2 heterocycles. The molecule has 0 aliphatic carbocycles. The quantitative estimate of drug-likeness (QED) is 0.907. The zero-order valence-corrected chi connectivity index (χ0v) is 13.6. The van der Waals surface area contributed by atoms with E-state index in [0.29, 0.717) is 24.6 Å². The average Bonchev–Trinajstić information content (AvgIpc) is 2.95. The molecule has 0 radical (unpaired) electrons. The molecule has 2 N–H and O–H groups in total. The number of rotatable bonds is 3. The van der Waals surface area contributed by atoms with Crippen molar-refractivity contribution in [2.45, 2.75) is 19.8 Å². The number of carbonyl (C=O) groups excluding carboxylic acids is 1. The van der Waals surface area contributed by atoms with Crippen LogP contribution in [0.3, 0.4) is 0 Å². The molecule has 3 rings (SSSR count). The summed E-state index contributed by atoms with van der Waals surface area (Å²) in [4.78, 5) is 14.1. The number of benzene rings is 1. The minimum atomic E-state index is -0.337. The van der Waals surface area contributed by atoms with E-state index >= 15 is 0 Å². The standard InChI is InChI=1S/C17H21FN4O2/c1-12-8-16(20-22(12)15-6-2-5-14(18)9-15)19-17(24)21-7-3-4-13(10-21)11-23/h2,5-6,8-9,13,23H,3-4,7,10-11H2,1H3,(H,19,20,24). The van der Waals surface area contributed by atoms with E-state index < -0.39 is 0 Å². The summed E-state index contributed by atoms with van der Waals surface area (Å²) in [6.07, 6.45) is 1.82. The van der Waals surface area contributed by atoms with Crippen molar-refractivity contribution >= 4 is 11.8 Å². The van der Waals surface area contributed by atoms with E-state index in [1.807, 2.05) is 6.92 Å². The first-order valence-electron chi connectivity index (χ1n) is 8.06. The lowest BCUT2D eigenvalue weighted by atomic mass is 9.99. The third-order valence-corrected chi connectivity index (χ3v) is 4.24. The average molecular weight is 332 g/mol. The van der Waals surface area contributed by atoms with Gasteiger partial charge in [0, 0.05) is 31.5 Å². The van der Waals surface area contributed by atoms with Gasteiger partial charge < -0.3 is 10.0 Å². The number of amides is 2. The molecule has 0 bridgehead atoms. The lowest BCUT2D eigenvalue weighted by Gasteiger charge is -2.31. The van der Waals surface area contributed by atoms with Crippen molar-refractivity contribution in [1.82, 2.24) is 14.7 Å². The maximum Gasteiger partial charge on any atom is 0.323 e. The fourth-order valence-corrected chi connectivity index (χ4v) is 2.99. The fraction of sp³-hybridized carbons (Fsp3) is 0.412. The largest absolute Gasteiger partial charge is 0.396 e. The minimum absolute atomic E-state index is 0.0943. The van der Waals surface area contributed by atoms with Gasteiger partial charge in [-0.2, -0.15) is 0 Å². The van der Waals surface area contributed by atoms with Gasteiger partial charge >= 0.3 is 6.03 Å². The van der Waals surface area contributed by atoms with E-state index in [-0.39, 0.29) is 24.4 Å². The number of piperidine rings is 1. The summed E-state index contributed by atoms with van der Waals surface area (Å²) in [7, 11) is 0. The molecule has 1 aliphatic heterocycles. The van der Waals surface area contributed by atoms with Crippen molar-refractivity contribution in [3.63, 3.8) is 0 Å². The molecule has 24 heavy (non-hydrogen) atoms. The van der Waals surface area contributed by atoms with Gasteiger partial charge in [-0.3, -0.25) is 5.32 Å². The molecule has 1 aromatic carbocycles. The molecule has 128 valence electrons. The third kappa shape index (κ3) is 3.56. The lowest BCUT2D eigenvalue weighted by molar-refractivity contribution is 0.136. The highest BCUT2D eigenvalue weighted by molar-refractivity contribution is 5.88. The van der Waals surface area contributed by atoms with Gasteiger partial charge in [0.2, 0.25) is 0 Å². The van der Waals surface area contributed by atoms with Crippen LogP contribution in [0, 0.1) is 18.7 Å². The van der Waals surface area contributed by atoms with Gasteiger partial charge in [0.25, 0.3) is 0 Å². The highest BCUT2D eigenvalue weighted by Crippen LogP contribution is 2.19. The number of likely N-dealkylation sites (tertiary alicyclic amines) is 1. The fourth-order valence-electron chi connectivity index (χ4n) is 2.99. The number of aromatic nitrogens is 2. The van der Waals surface area contributed by atoms with Crippen molar-refractivity contribution in [1.29, 1.82) is 0 Å². The van der Waals surface area contributed by atoms with Crippen LogP contribution in [0.5, 0.6) is 0 Å². The maximum atomic E-state index is 13.4. The van der Waals surface area contributed by atoms with Crippen LogP contribution >= 0.6 is 0 Å². The molecule has 0 spiro atoms. The molecular weight excluding hydrogens is 311 g/mol. The number of anilines is 1. The van der Waals surface area contributed by atoms with Gasteiger partial charge in [0.1, 0.15) is 5.82 Å². The van der Waals surface area contributed by atoms with E-state index in [1.54, 1.807) is 27.8 Å². The molecular formula is C17H21FN4O2. The Morgan fingerprint density at radius 1 is 1.46 bits per heavy atom. The molecule has 1 aromatic heterocycles. The monoisotopic (exact) mass is 332 g/mol. The van der Waals surface area contributed by atoms with Crippen LogP contribution in [0.1, 0.15) is 18.5 Å². The lowest BCUT2D eigenvalue weighted by Crippen LogP contribution is -2.43. The second-order valence-electron chi connectivity index (χ2n) is 6.13. The van der Waals surface area contributed by atoms with Crippen LogP contribution < -0.4 is 5.32 Å². The van der Waals surface area contributed by atoms with E-state index in [1.165, 1.54) is 12.1 Å². The summed E-state index contributed by atoms with van der Waals surface area (Å²) >= 11 is 0. The van der Waals surface area contributed by atoms with E-state index in [0.717, 1.165) is 18.5 Å². The number of carbonyl (C=O) groups is 1. The first-order valence-corrected chi connectivity index (χ1v) is 8.06. The molecule has 1 unspecified atom stereocenters. The predicted octanol–water partition coefficient (Wildman–Crippen LogP) is 2.56. The van der Waals surface area contributed by atoms with Gasteiger partial charge in [-0.15, -0.1) is 5.10 Å². The summed E-state index contributed by atoms with van der Waals surface area (Å²) in [5, 5.41) is 16.4. The number of hydrogen-bond acceptors (Lipinski definition) is 3. The molecule has 1 atom stereocenters. The topological polar surface area (TPSA) is 70.4 Å². The Hall–Kier alpha value is -2.41. The second kappa shape index (κ2) is 7.00. The SMILES string of the molecule is Cc1cc(NC(=O)N2CCCC(CO)C2)nn1-c1cccc(F)c1. The maximum absolute atomic E-state index is 13.4. The minimum Gasteiger partial charge on any atom is -0.396 e. The zero-order valence-electron chi connectivity index (χ0n) is 13.6. The Balaban J connectivity index is 1.72. The van der Waals surface area contributed by atoms with E-state index in [4.69, 9.17) is 0 Å². The zero-order chi connectivity index (χ0) is 17.1. The van der Waals surface area contributed by atoms with Gasteiger partial charge in [0.05, 0.1) is 5.69 Å². The number of aliphatic hydroxyl groups is 1. The summed E-state index contributed by atoms with van der Waals surface area (Å²) in [6.45, 7) is 3.16. The van der Waals surface area contributed by atoms with Crippen molar-refractivity contribution in [2.24, 2.45) is 5.92 Å². The van der Waals surface area contributed by atoms with Crippen LogP contribution in [0.15, 0.2) is 30.3 Å². The smallest absolute Gasteiger partial charge is 0.323 e. The summed E-state index contributed by atoms with van der Waals surface area (Å²) in [5.74, 6) is 0.223. The Kier molecular flexibility index (Phi) is 4.80. The number of aliphatic hydroxyl groups excluding tert-OH is 1. The Morgan fingerprint density at radius 2 is 2.29 bits per heavy atom.